The highest BCUT2D eigenvalue weighted by Crippen LogP contribution is 2.37. The van der Waals surface area contributed by atoms with Gasteiger partial charge in [0.25, 0.3) is 0 Å². The van der Waals surface area contributed by atoms with Crippen LogP contribution in [0.5, 0.6) is 5.75 Å². The fraction of sp³-hybridized carbons (Fsp3) is 0.400. The number of amides is 1. The summed E-state index contributed by atoms with van der Waals surface area (Å²) in [6, 6.07) is 18.4. The molecule has 0 aliphatic carbocycles. The molecule has 5 heteroatoms. The highest BCUT2D eigenvalue weighted by Gasteiger charge is 2.31. The Morgan fingerprint density at radius 3 is 2.67 bits per heavy atom. The van der Waals surface area contributed by atoms with Crippen LogP contribution in [0.2, 0.25) is 0 Å². The lowest BCUT2D eigenvalue weighted by Crippen LogP contribution is -2.32. The van der Waals surface area contributed by atoms with Gasteiger partial charge < -0.3 is 14.8 Å². The van der Waals surface area contributed by atoms with Crippen LogP contribution in [0.1, 0.15) is 50.8 Å². The minimum Gasteiger partial charge on any atom is -0.481 e. The molecule has 4 nitrogen and oxygen atoms in total. The third-order valence-electron chi connectivity index (χ3n) is 5.24. The molecular formula is C25H31NO3S. The van der Waals surface area contributed by atoms with Crippen molar-refractivity contribution in [2.75, 3.05) is 13.2 Å². The van der Waals surface area contributed by atoms with Crippen molar-refractivity contribution in [2.45, 2.75) is 51.6 Å². The Morgan fingerprint density at radius 1 is 1.03 bits per heavy atom. The van der Waals surface area contributed by atoms with Gasteiger partial charge in [-0.2, -0.15) is 0 Å². The number of thiophene rings is 1. The zero-order valence-electron chi connectivity index (χ0n) is 17.9. The van der Waals surface area contributed by atoms with Crippen molar-refractivity contribution >= 4 is 28.2 Å². The molecule has 2 aromatic carbocycles. The van der Waals surface area contributed by atoms with Crippen molar-refractivity contribution in [1.82, 2.24) is 5.32 Å². The molecule has 1 amide bonds. The minimum absolute atomic E-state index is 0.292. The Kier molecular flexibility index (Phi) is 8.14. The SMILES string of the molecule is CCCCCCNC(=O)OCC[C@](C)(Oc1cccc2ccccc12)c1cccs1. The van der Waals surface area contributed by atoms with Gasteiger partial charge in [-0.05, 0) is 36.2 Å². The lowest BCUT2D eigenvalue weighted by molar-refractivity contribution is 0.0524. The molecule has 0 fully saturated rings. The van der Waals surface area contributed by atoms with E-state index in [1.54, 1.807) is 11.3 Å². The molecular weight excluding hydrogens is 394 g/mol. The van der Waals surface area contributed by atoms with Gasteiger partial charge in [0.05, 0.1) is 6.61 Å². The van der Waals surface area contributed by atoms with Gasteiger partial charge in [0, 0.05) is 23.2 Å². The molecule has 1 atom stereocenters. The molecule has 3 rings (SSSR count). The van der Waals surface area contributed by atoms with Gasteiger partial charge in [-0.1, -0.05) is 68.7 Å². The summed E-state index contributed by atoms with van der Waals surface area (Å²) in [5.74, 6) is 0.837. The largest absolute Gasteiger partial charge is 0.481 e. The van der Waals surface area contributed by atoms with E-state index in [4.69, 9.17) is 9.47 Å². The molecule has 1 heterocycles. The third kappa shape index (κ3) is 5.99. The van der Waals surface area contributed by atoms with Crippen LogP contribution in [0.4, 0.5) is 4.79 Å². The van der Waals surface area contributed by atoms with Crippen LogP contribution in [0, 0.1) is 0 Å². The predicted molar refractivity (Wildman–Crippen MR) is 124 cm³/mol. The molecule has 30 heavy (non-hydrogen) atoms. The average Bonchev–Trinajstić information content (AvgIpc) is 3.30. The number of alkyl carbamates (subject to hydrolysis) is 1. The Morgan fingerprint density at radius 2 is 1.87 bits per heavy atom. The van der Waals surface area contributed by atoms with Crippen molar-refractivity contribution in [3.05, 3.63) is 64.9 Å². The second kappa shape index (κ2) is 11.0. The second-order valence-corrected chi connectivity index (χ2v) is 8.61. The van der Waals surface area contributed by atoms with E-state index in [-0.39, 0.29) is 6.09 Å². The number of hydrogen-bond acceptors (Lipinski definition) is 4. The topological polar surface area (TPSA) is 47.6 Å². The number of unbranched alkanes of at least 4 members (excludes halogenated alkanes) is 3. The van der Waals surface area contributed by atoms with Crippen LogP contribution in [0.15, 0.2) is 60.0 Å². The number of hydrogen-bond donors (Lipinski definition) is 1. The van der Waals surface area contributed by atoms with E-state index < -0.39 is 5.60 Å². The number of fused-ring (bicyclic) bond motifs is 1. The molecule has 0 bridgehead atoms. The molecule has 0 aliphatic heterocycles. The first kappa shape index (κ1) is 22.2. The van der Waals surface area contributed by atoms with E-state index in [1.165, 1.54) is 12.8 Å². The number of carbonyl (C=O) groups excluding carboxylic acids is 1. The lowest BCUT2D eigenvalue weighted by Gasteiger charge is -2.30. The van der Waals surface area contributed by atoms with Gasteiger partial charge in [-0.15, -0.1) is 11.3 Å². The van der Waals surface area contributed by atoms with Gasteiger partial charge >= 0.3 is 6.09 Å². The number of rotatable bonds is 11. The fourth-order valence-electron chi connectivity index (χ4n) is 3.46. The number of nitrogens with one attached hydrogen (secondary N) is 1. The van der Waals surface area contributed by atoms with E-state index in [9.17, 15) is 4.79 Å². The molecule has 1 N–H and O–H groups in total. The molecule has 0 radical (unpaired) electrons. The summed E-state index contributed by atoms with van der Waals surface area (Å²) >= 11 is 1.65. The molecule has 0 saturated carbocycles. The quantitative estimate of drug-likeness (QED) is 0.340. The third-order valence-corrected chi connectivity index (χ3v) is 6.35. The maximum atomic E-state index is 12.0. The Bertz CT molecular complexity index is 920. The van der Waals surface area contributed by atoms with Crippen LogP contribution < -0.4 is 10.1 Å². The molecule has 0 saturated heterocycles. The first-order chi connectivity index (χ1) is 14.6. The molecule has 0 unspecified atom stereocenters. The van der Waals surface area contributed by atoms with Crippen molar-refractivity contribution in [3.8, 4) is 5.75 Å². The summed E-state index contributed by atoms with van der Waals surface area (Å²) in [6.07, 6.45) is 4.71. The highest BCUT2D eigenvalue weighted by atomic mass is 32.1. The van der Waals surface area contributed by atoms with Crippen LogP contribution >= 0.6 is 11.3 Å². The summed E-state index contributed by atoms with van der Waals surface area (Å²) in [6.45, 7) is 5.19. The zero-order valence-corrected chi connectivity index (χ0v) is 18.7. The second-order valence-electron chi connectivity index (χ2n) is 7.66. The van der Waals surface area contributed by atoms with Crippen molar-refractivity contribution in [2.24, 2.45) is 0 Å². The Balaban J connectivity index is 1.63. The van der Waals surface area contributed by atoms with E-state index in [2.05, 4.69) is 43.4 Å². The minimum atomic E-state index is -0.584. The first-order valence-corrected chi connectivity index (χ1v) is 11.6. The van der Waals surface area contributed by atoms with Gasteiger partial charge in [0.2, 0.25) is 0 Å². The smallest absolute Gasteiger partial charge is 0.407 e. The maximum absolute atomic E-state index is 12.0. The number of benzene rings is 2. The molecule has 3 aromatic rings. The van der Waals surface area contributed by atoms with Crippen molar-refractivity contribution < 1.29 is 14.3 Å². The summed E-state index contributed by atoms with van der Waals surface area (Å²) in [7, 11) is 0. The number of ether oxygens (including phenoxy) is 2. The average molecular weight is 426 g/mol. The standard InChI is InChI=1S/C25H31NO3S/c1-3-4-5-8-17-26-24(27)28-18-16-25(2,23-15-10-19-30-23)29-22-14-9-12-20-11-6-7-13-21(20)22/h6-7,9-15,19H,3-5,8,16-18H2,1-2H3,(H,26,27)/t25-/m0/s1. The molecule has 0 spiro atoms. The first-order valence-electron chi connectivity index (χ1n) is 10.7. The Hall–Kier alpha value is -2.53. The van der Waals surface area contributed by atoms with Gasteiger partial charge in [-0.25, -0.2) is 4.79 Å². The fourth-order valence-corrected chi connectivity index (χ4v) is 4.32. The maximum Gasteiger partial charge on any atom is 0.407 e. The normalized spacial score (nSPS) is 13.0. The zero-order chi connectivity index (χ0) is 21.2. The molecule has 1 aromatic heterocycles. The van der Waals surface area contributed by atoms with Crippen LogP contribution in [0.3, 0.4) is 0 Å². The summed E-state index contributed by atoms with van der Waals surface area (Å²) in [5.41, 5.74) is -0.584. The van der Waals surface area contributed by atoms with E-state index >= 15 is 0 Å². The van der Waals surface area contributed by atoms with Crippen molar-refractivity contribution in [3.63, 3.8) is 0 Å². The van der Waals surface area contributed by atoms with Crippen LogP contribution in [0.25, 0.3) is 10.8 Å². The Labute approximate surface area is 183 Å². The monoisotopic (exact) mass is 425 g/mol. The van der Waals surface area contributed by atoms with Crippen molar-refractivity contribution in [1.29, 1.82) is 0 Å². The van der Waals surface area contributed by atoms with Crippen LogP contribution in [-0.4, -0.2) is 19.2 Å². The summed E-state index contributed by atoms with van der Waals surface area (Å²) in [5, 5.41) is 7.10. The van der Waals surface area contributed by atoms with Gasteiger partial charge in [-0.3, -0.25) is 0 Å². The van der Waals surface area contributed by atoms with Crippen LogP contribution in [-0.2, 0) is 10.3 Å². The molecule has 0 aliphatic rings. The van der Waals surface area contributed by atoms with Gasteiger partial charge in [0.1, 0.15) is 11.4 Å². The summed E-state index contributed by atoms with van der Waals surface area (Å²) in [4.78, 5) is 13.1. The van der Waals surface area contributed by atoms with E-state index in [1.807, 2.05) is 35.7 Å². The highest BCUT2D eigenvalue weighted by molar-refractivity contribution is 7.10. The summed E-state index contributed by atoms with van der Waals surface area (Å²) < 4.78 is 12.0. The van der Waals surface area contributed by atoms with E-state index in [0.717, 1.165) is 34.2 Å². The lowest BCUT2D eigenvalue weighted by atomic mass is 10.00. The van der Waals surface area contributed by atoms with E-state index in [0.29, 0.717) is 19.6 Å². The predicted octanol–water partition coefficient (Wildman–Crippen LogP) is 6.89. The number of carbonyl (C=O) groups is 1. The molecule has 160 valence electrons. The van der Waals surface area contributed by atoms with Gasteiger partial charge in [0.15, 0.2) is 0 Å².